The van der Waals surface area contributed by atoms with Crippen molar-refractivity contribution in [3.05, 3.63) is 86.5 Å². The molecule has 0 spiro atoms. The zero-order chi connectivity index (χ0) is 23.3. The van der Waals surface area contributed by atoms with E-state index in [9.17, 15) is 9.59 Å². The van der Waals surface area contributed by atoms with E-state index >= 15 is 0 Å². The Hall–Kier alpha value is -3.87. The van der Waals surface area contributed by atoms with Gasteiger partial charge in [-0.2, -0.15) is 0 Å². The first kappa shape index (κ1) is 21.0. The van der Waals surface area contributed by atoms with Crippen LogP contribution in [0.5, 0.6) is 5.75 Å². The van der Waals surface area contributed by atoms with Crippen molar-refractivity contribution in [1.29, 1.82) is 0 Å². The zero-order valence-electron chi connectivity index (χ0n) is 19.0. The molecule has 2 aromatic heterocycles. The number of nitrogens with zero attached hydrogens (tertiary/aromatic N) is 2. The number of carbonyl (C=O) groups excluding carboxylic acids is 1. The summed E-state index contributed by atoms with van der Waals surface area (Å²) >= 11 is 0. The fraction of sp³-hybridized carbons (Fsp3) is 0.269. The monoisotopic (exact) mass is 444 g/mol. The lowest BCUT2D eigenvalue weighted by molar-refractivity contribution is 0.0969. The van der Waals surface area contributed by atoms with Gasteiger partial charge in [0, 0.05) is 6.07 Å². The molecular formula is C26H24N2O5. The standard InChI is InChI=1S/C26H24N2O5/c1-5-9-31-18-8-6-7-17(13-18)23-22-24(29)19-10-14(2)15(3)11-20(19)32-25(22)26(30)28(23)21-12-16(4)33-27-21/h6-8,10-13,23H,5,9H2,1-4H3/t23-/m0/s1. The van der Waals surface area contributed by atoms with Crippen LogP contribution in [-0.2, 0) is 0 Å². The molecule has 0 N–H and O–H groups in total. The van der Waals surface area contributed by atoms with Crippen LogP contribution in [0.1, 0.15) is 58.0 Å². The number of hydrogen-bond acceptors (Lipinski definition) is 6. The van der Waals surface area contributed by atoms with E-state index in [0.29, 0.717) is 40.5 Å². The number of amides is 1. The van der Waals surface area contributed by atoms with Gasteiger partial charge in [0.15, 0.2) is 11.2 Å². The van der Waals surface area contributed by atoms with Crippen LogP contribution in [0.25, 0.3) is 11.0 Å². The van der Waals surface area contributed by atoms with E-state index in [0.717, 1.165) is 23.1 Å². The van der Waals surface area contributed by atoms with E-state index in [4.69, 9.17) is 13.7 Å². The number of ether oxygens (including phenoxy) is 1. The quantitative estimate of drug-likeness (QED) is 0.418. The molecule has 1 aliphatic rings. The molecule has 7 heteroatoms. The van der Waals surface area contributed by atoms with Crippen molar-refractivity contribution in [3.8, 4) is 5.75 Å². The Kier molecular flexibility index (Phi) is 5.04. The Labute approximate surface area is 190 Å². The molecule has 3 heterocycles. The van der Waals surface area contributed by atoms with Crippen LogP contribution in [-0.4, -0.2) is 17.7 Å². The number of rotatable bonds is 5. The number of aryl methyl sites for hydroxylation is 3. The van der Waals surface area contributed by atoms with Gasteiger partial charge in [0.2, 0.25) is 5.76 Å². The summed E-state index contributed by atoms with van der Waals surface area (Å²) in [6.07, 6.45) is 0.869. The minimum absolute atomic E-state index is 0.0290. The highest BCUT2D eigenvalue weighted by molar-refractivity contribution is 6.10. The highest BCUT2D eigenvalue weighted by Crippen LogP contribution is 2.41. The second-order valence-electron chi connectivity index (χ2n) is 8.40. The van der Waals surface area contributed by atoms with Gasteiger partial charge in [-0.25, -0.2) is 0 Å². The van der Waals surface area contributed by atoms with E-state index < -0.39 is 11.9 Å². The lowest BCUT2D eigenvalue weighted by Crippen LogP contribution is -2.29. The van der Waals surface area contributed by atoms with Crippen LogP contribution in [0, 0.1) is 20.8 Å². The summed E-state index contributed by atoms with van der Waals surface area (Å²) in [4.78, 5) is 28.8. The summed E-state index contributed by atoms with van der Waals surface area (Å²) in [6, 6.07) is 12.0. The van der Waals surface area contributed by atoms with Gasteiger partial charge >= 0.3 is 0 Å². The fourth-order valence-corrected chi connectivity index (χ4v) is 4.24. The first-order chi connectivity index (χ1) is 15.9. The van der Waals surface area contributed by atoms with E-state index in [1.165, 1.54) is 4.90 Å². The summed E-state index contributed by atoms with van der Waals surface area (Å²) in [5.41, 5.74) is 3.16. The first-order valence-corrected chi connectivity index (χ1v) is 11.0. The number of fused-ring (bicyclic) bond motifs is 2. The molecular weight excluding hydrogens is 420 g/mol. The van der Waals surface area contributed by atoms with Crippen molar-refractivity contribution in [3.63, 3.8) is 0 Å². The summed E-state index contributed by atoms with van der Waals surface area (Å²) in [5, 5.41) is 4.51. The Bertz CT molecular complexity index is 1450. The van der Waals surface area contributed by atoms with Gasteiger partial charge in [-0.3, -0.25) is 14.5 Å². The minimum atomic E-state index is -0.718. The summed E-state index contributed by atoms with van der Waals surface area (Å²) in [7, 11) is 0. The first-order valence-electron chi connectivity index (χ1n) is 11.0. The van der Waals surface area contributed by atoms with Gasteiger partial charge in [0.05, 0.1) is 23.6 Å². The lowest BCUT2D eigenvalue weighted by atomic mass is 9.97. The van der Waals surface area contributed by atoms with Crippen molar-refractivity contribution < 1.29 is 18.5 Å². The molecule has 168 valence electrons. The van der Waals surface area contributed by atoms with E-state index in [-0.39, 0.29) is 11.2 Å². The highest BCUT2D eigenvalue weighted by atomic mass is 16.5. The van der Waals surface area contributed by atoms with Crippen molar-refractivity contribution in [2.45, 2.75) is 40.2 Å². The lowest BCUT2D eigenvalue weighted by Gasteiger charge is -2.22. The molecule has 1 amide bonds. The molecule has 0 radical (unpaired) electrons. The third kappa shape index (κ3) is 3.40. The van der Waals surface area contributed by atoms with Crippen molar-refractivity contribution >= 4 is 22.7 Å². The molecule has 0 saturated carbocycles. The Morgan fingerprint density at radius 3 is 2.58 bits per heavy atom. The van der Waals surface area contributed by atoms with E-state index in [1.54, 1.807) is 19.1 Å². The summed E-state index contributed by atoms with van der Waals surface area (Å²) in [5.74, 6) is 1.15. The van der Waals surface area contributed by atoms with Crippen LogP contribution in [0.3, 0.4) is 0 Å². The van der Waals surface area contributed by atoms with Crippen LogP contribution in [0.4, 0.5) is 5.82 Å². The normalized spacial score (nSPS) is 15.3. The van der Waals surface area contributed by atoms with Gasteiger partial charge in [-0.05, 0) is 68.1 Å². The maximum Gasteiger partial charge on any atom is 0.296 e. The Morgan fingerprint density at radius 2 is 1.85 bits per heavy atom. The number of benzene rings is 2. The zero-order valence-corrected chi connectivity index (χ0v) is 19.0. The van der Waals surface area contributed by atoms with Crippen molar-refractivity contribution in [2.75, 3.05) is 11.5 Å². The predicted molar refractivity (Wildman–Crippen MR) is 124 cm³/mol. The molecule has 0 bridgehead atoms. The van der Waals surface area contributed by atoms with Crippen molar-refractivity contribution in [1.82, 2.24) is 5.16 Å². The summed E-state index contributed by atoms with van der Waals surface area (Å²) < 4.78 is 17.1. The number of aromatic nitrogens is 1. The Morgan fingerprint density at radius 1 is 1.06 bits per heavy atom. The van der Waals surface area contributed by atoms with Crippen LogP contribution >= 0.6 is 0 Å². The SMILES string of the molecule is CCCOc1cccc([C@H]2c3c(oc4cc(C)c(C)cc4c3=O)C(=O)N2c2cc(C)on2)c1. The molecule has 7 nitrogen and oxygen atoms in total. The number of hydrogen-bond donors (Lipinski definition) is 0. The highest BCUT2D eigenvalue weighted by Gasteiger charge is 2.45. The molecule has 0 saturated heterocycles. The molecule has 2 aromatic carbocycles. The third-order valence-electron chi connectivity index (χ3n) is 6.00. The van der Waals surface area contributed by atoms with Crippen molar-refractivity contribution in [2.24, 2.45) is 0 Å². The van der Waals surface area contributed by atoms with Crippen LogP contribution in [0.15, 0.2) is 56.2 Å². The maximum absolute atomic E-state index is 13.7. The van der Waals surface area contributed by atoms with Crippen LogP contribution < -0.4 is 15.1 Å². The smallest absolute Gasteiger partial charge is 0.296 e. The number of anilines is 1. The van der Waals surface area contributed by atoms with Gasteiger partial charge < -0.3 is 13.7 Å². The maximum atomic E-state index is 13.7. The fourth-order valence-electron chi connectivity index (χ4n) is 4.24. The number of carbonyl (C=O) groups is 1. The molecule has 1 aliphatic heterocycles. The summed E-state index contributed by atoms with van der Waals surface area (Å²) in [6.45, 7) is 8.25. The van der Waals surface area contributed by atoms with Gasteiger partial charge in [0.1, 0.15) is 17.1 Å². The topological polar surface area (TPSA) is 85.8 Å². The van der Waals surface area contributed by atoms with E-state index in [2.05, 4.69) is 5.16 Å². The largest absolute Gasteiger partial charge is 0.494 e. The van der Waals surface area contributed by atoms with E-state index in [1.807, 2.05) is 51.1 Å². The molecule has 5 rings (SSSR count). The molecule has 33 heavy (non-hydrogen) atoms. The molecule has 0 aliphatic carbocycles. The molecule has 0 fully saturated rings. The van der Waals surface area contributed by atoms with Gasteiger partial charge in [0.25, 0.3) is 5.91 Å². The molecule has 4 aromatic rings. The second kappa shape index (κ2) is 7.92. The third-order valence-corrected chi connectivity index (χ3v) is 6.00. The predicted octanol–water partition coefficient (Wildman–Crippen LogP) is 5.24. The second-order valence-corrected chi connectivity index (χ2v) is 8.40. The molecule has 1 atom stereocenters. The molecule has 0 unspecified atom stereocenters. The Balaban J connectivity index is 1.77. The van der Waals surface area contributed by atoms with Gasteiger partial charge in [-0.1, -0.05) is 24.2 Å². The van der Waals surface area contributed by atoms with Crippen LogP contribution in [0.2, 0.25) is 0 Å². The van der Waals surface area contributed by atoms with Gasteiger partial charge in [-0.15, -0.1) is 0 Å². The average molecular weight is 444 g/mol. The minimum Gasteiger partial charge on any atom is -0.494 e. The average Bonchev–Trinajstić information content (AvgIpc) is 3.35.